The molecule has 24 heavy (non-hydrogen) atoms. The van der Waals surface area contributed by atoms with Crippen LogP contribution in [0.1, 0.15) is 17.6 Å². The lowest BCUT2D eigenvalue weighted by molar-refractivity contribution is -0.107. The number of hydrogen-bond acceptors (Lipinski definition) is 2. The Morgan fingerprint density at radius 2 is 1.12 bits per heavy atom. The number of hydrogen-bond donors (Lipinski definition) is 0. The minimum atomic E-state index is -3.00. The Hall–Kier alpha value is -2.44. The highest BCUT2D eigenvalue weighted by atomic mass is 31.2. The summed E-state index contributed by atoms with van der Waals surface area (Å²) < 4.78 is 14.3. The monoisotopic (exact) mass is 334 g/mol. The minimum Gasteiger partial charge on any atom is -0.313 e. The summed E-state index contributed by atoms with van der Waals surface area (Å²) in [5, 5.41) is 1.57. The Labute approximate surface area is 142 Å². The van der Waals surface area contributed by atoms with Crippen LogP contribution < -0.4 is 10.6 Å². The Kier molecular flexibility index (Phi) is 5.08. The van der Waals surface area contributed by atoms with Crippen LogP contribution in [0, 0.1) is 0 Å². The normalized spacial score (nSPS) is 12.5. The van der Waals surface area contributed by atoms with Crippen molar-refractivity contribution in [3.8, 4) is 0 Å². The average molecular weight is 334 g/mol. The molecule has 0 N–H and O–H groups in total. The van der Waals surface area contributed by atoms with Crippen LogP contribution in [0.15, 0.2) is 91.0 Å². The predicted octanol–water partition coefficient (Wildman–Crippen LogP) is 4.33. The predicted molar refractivity (Wildman–Crippen MR) is 99.6 cm³/mol. The zero-order valence-corrected chi connectivity index (χ0v) is 14.2. The minimum absolute atomic E-state index is 0.227. The lowest BCUT2D eigenvalue weighted by Crippen LogP contribution is -2.21. The van der Waals surface area contributed by atoms with Crippen LogP contribution in [0.2, 0.25) is 0 Å². The maximum Gasteiger partial charge on any atom is 0.150 e. The van der Waals surface area contributed by atoms with E-state index in [0.29, 0.717) is 0 Å². The Balaban J connectivity index is 2.24. The first-order valence-electron chi connectivity index (χ1n) is 7.96. The third kappa shape index (κ3) is 3.11. The van der Waals surface area contributed by atoms with Crippen molar-refractivity contribution in [2.24, 2.45) is 0 Å². The molecule has 3 heteroatoms. The second-order valence-corrected chi connectivity index (χ2v) is 8.63. The number of benzene rings is 3. The Bertz CT molecular complexity index is 786. The van der Waals surface area contributed by atoms with Gasteiger partial charge in [-0.15, -0.1) is 0 Å². The van der Waals surface area contributed by atoms with Crippen molar-refractivity contribution in [2.75, 3.05) is 0 Å². The van der Waals surface area contributed by atoms with Gasteiger partial charge in [-0.3, -0.25) is 0 Å². The molecule has 0 spiro atoms. The summed E-state index contributed by atoms with van der Waals surface area (Å²) in [4.78, 5) is 11.4. The van der Waals surface area contributed by atoms with Gasteiger partial charge in [-0.1, -0.05) is 91.0 Å². The summed E-state index contributed by atoms with van der Waals surface area (Å²) in [5.41, 5.74) is 0.571. The van der Waals surface area contributed by atoms with Gasteiger partial charge >= 0.3 is 0 Å². The molecular formula is C21H19O2P. The van der Waals surface area contributed by atoms with E-state index >= 15 is 0 Å². The summed E-state index contributed by atoms with van der Waals surface area (Å²) >= 11 is 0. The van der Waals surface area contributed by atoms with Crippen LogP contribution in [-0.2, 0) is 9.36 Å². The molecule has 3 aromatic carbocycles. The number of carbonyl (C=O) groups excluding carboxylic acids is 1. The smallest absolute Gasteiger partial charge is 0.150 e. The molecule has 0 bridgehead atoms. The van der Waals surface area contributed by atoms with Crippen molar-refractivity contribution in [3.05, 3.63) is 96.6 Å². The fraction of sp³-hybridized carbons (Fsp3) is 0.0952. The van der Waals surface area contributed by atoms with E-state index in [1.807, 2.05) is 91.0 Å². The average Bonchev–Trinajstić information content (AvgIpc) is 2.67. The molecule has 0 aromatic heterocycles. The van der Waals surface area contributed by atoms with E-state index in [-0.39, 0.29) is 12.1 Å². The second-order valence-electron chi connectivity index (χ2n) is 5.66. The highest BCUT2D eigenvalue weighted by molar-refractivity contribution is 7.79. The topological polar surface area (TPSA) is 34.1 Å². The fourth-order valence-electron chi connectivity index (χ4n) is 3.07. The van der Waals surface area contributed by atoms with E-state index in [4.69, 9.17) is 0 Å². The molecule has 3 aromatic rings. The zero-order valence-electron chi connectivity index (χ0n) is 13.3. The molecular weight excluding hydrogens is 315 g/mol. The summed E-state index contributed by atoms with van der Waals surface area (Å²) in [6.45, 7) is 0. The molecule has 0 aliphatic rings. The van der Waals surface area contributed by atoms with Gasteiger partial charge in [0.2, 0.25) is 0 Å². The van der Waals surface area contributed by atoms with Crippen LogP contribution in [0.25, 0.3) is 0 Å². The van der Waals surface area contributed by atoms with E-state index in [1.54, 1.807) is 0 Å². The van der Waals surface area contributed by atoms with Crippen molar-refractivity contribution in [3.63, 3.8) is 0 Å². The van der Waals surface area contributed by atoms with Crippen molar-refractivity contribution < 1.29 is 9.36 Å². The highest BCUT2D eigenvalue weighted by Gasteiger charge is 2.37. The fourth-order valence-corrected chi connectivity index (χ4v) is 6.29. The molecule has 0 fully saturated rings. The van der Waals surface area contributed by atoms with Gasteiger partial charge in [0.1, 0.15) is 6.29 Å². The molecule has 2 nitrogen and oxygen atoms in total. The lowest BCUT2D eigenvalue weighted by Gasteiger charge is -2.28. The lowest BCUT2D eigenvalue weighted by atomic mass is 10.1. The maximum absolute atomic E-state index is 14.3. The van der Waals surface area contributed by atoms with E-state index in [2.05, 4.69) is 0 Å². The molecule has 0 amide bonds. The molecule has 0 unspecified atom stereocenters. The molecule has 0 heterocycles. The van der Waals surface area contributed by atoms with Gasteiger partial charge < -0.3 is 9.36 Å². The van der Waals surface area contributed by atoms with Gasteiger partial charge in [0.05, 0.1) is 5.66 Å². The molecule has 0 saturated heterocycles. The molecule has 0 aliphatic heterocycles. The van der Waals surface area contributed by atoms with Crippen molar-refractivity contribution in [1.29, 1.82) is 0 Å². The molecule has 120 valence electrons. The summed E-state index contributed by atoms with van der Waals surface area (Å²) in [6.07, 6.45) is 1.10. The van der Waals surface area contributed by atoms with Gasteiger partial charge in [0.25, 0.3) is 0 Å². The molecule has 3 rings (SSSR count). The second kappa shape index (κ2) is 7.42. The van der Waals surface area contributed by atoms with E-state index in [1.165, 1.54) is 0 Å². The molecule has 0 saturated carbocycles. The van der Waals surface area contributed by atoms with Crippen LogP contribution in [0.4, 0.5) is 0 Å². The summed E-state index contributed by atoms with van der Waals surface area (Å²) in [7, 11) is -3.00. The largest absolute Gasteiger partial charge is 0.313 e. The Morgan fingerprint density at radius 3 is 1.54 bits per heavy atom. The Morgan fingerprint density at radius 1 is 0.708 bits per heavy atom. The van der Waals surface area contributed by atoms with Crippen LogP contribution in [-0.4, -0.2) is 6.29 Å². The summed E-state index contributed by atoms with van der Waals surface area (Å²) in [5.74, 6) is 0. The quantitative estimate of drug-likeness (QED) is 0.497. The maximum atomic E-state index is 14.3. The number of carbonyl (C=O) groups is 1. The van der Waals surface area contributed by atoms with Gasteiger partial charge in [0, 0.05) is 17.0 Å². The van der Waals surface area contributed by atoms with Crippen molar-refractivity contribution >= 4 is 24.0 Å². The first-order chi connectivity index (χ1) is 11.8. The first kappa shape index (κ1) is 16.4. The molecule has 1 atom stereocenters. The van der Waals surface area contributed by atoms with E-state index in [0.717, 1.165) is 22.5 Å². The third-order valence-corrected chi connectivity index (χ3v) is 7.74. The van der Waals surface area contributed by atoms with Crippen LogP contribution >= 0.6 is 7.14 Å². The van der Waals surface area contributed by atoms with Gasteiger partial charge in [-0.2, -0.15) is 0 Å². The van der Waals surface area contributed by atoms with Gasteiger partial charge in [-0.25, -0.2) is 0 Å². The summed E-state index contributed by atoms with van der Waals surface area (Å²) in [6, 6.07) is 28.7. The highest BCUT2D eigenvalue weighted by Crippen LogP contribution is 2.58. The van der Waals surface area contributed by atoms with E-state index in [9.17, 15) is 9.36 Å². The molecule has 0 radical (unpaired) electrons. The zero-order chi connectivity index (χ0) is 16.8. The van der Waals surface area contributed by atoms with Crippen LogP contribution in [0.3, 0.4) is 0 Å². The SMILES string of the molecule is O=CC[C@@H](c1ccccc1)P(=O)(c1ccccc1)c1ccccc1. The first-order valence-corrected chi connectivity index (χ1v) is 9.74. The van der Waals surface area contributed by atoms with E-state index < -0.39 is 7.14 Å². The standard InChI is InChI=1S/C21H19O2P/c22-17-16-21(18-10-4-1-5-11-18)24(23,19-12-6-2-7-13-19)20-14-8-3-9-15-20/h1-15,17,21H,16H2/t21-/m0/s1. The number of rotatable bonds is 6. The van der Waals surface area contributed by atoms with Crippen molar-refractivity contribution in [1.82, 2.24) is 0 Å². The van der Waals surface area contributed by atoms with Crippen LogP contribution in [0.5, 0.6) is 0 Å². The van der Waals surface area contributed by atoms with Crippen molar-refractivity contribution in [2.45, 2.75) is 12.1 Å². The number of aldehydes is 1. The third-order valence-electron chi connectivity index (χ3n) is 4.22. The van der Waals surface area contributed by atoms with Gasteiger partial charge in [0.15, 0.2) is 7.14 Å². The molecule has 0 aliphatic carbocycles. The van der Waals surface area contributed by atoms with Gasteiger partial charge in [-0.05, 0) is 5.56 Å².